The van der Waals surface area contributed by atoms with Crippen molar-refractivity contribution in [2.75, 3.05) is 12.4 Å². The van der Waals surface area contributed by atoms with Crippen LogP contribution in [0.2, 0.25) is 0 Å². The maximum Gasteiger partial charge on any atom is 0.123 e. The minimum Gasteiger partial charge on any atom is -0.394 e. The molecule has 0 aromatic heterocycles. The molecule has 4 nitrogen and oxygen atoms in total. The van der Waals surface area contributed by atoms with Gasteiger partial charge in [-0.05, 0) is 22.9 Å². The number of thioether (sulfide) groups is 1. The zero-order chi connectivity index (χ0) is 13.8. The summed E-state index contributed by atoms with van der Waals surface area (Å²) in [7, 11) is 0. The van der Waals surface area contributed by atoms with Gasteiger partial charge in [0.05, 0.1) is 12.7 Å². The molecule has 19 heavy (non-hydrogen) atoms. The Hall–Kier alpha value is -1.56. The predicted octanol–water partition coefficient (Wildman–Crippen LogP) is 1.57. The molecular formula is C14H16N2O2S. The molecule has 0 aliphatic heterocycles. The van der Waals surface area contributed by atoms with E-state index >= 15 is 0 Å². The third-order valence-electron chi connectivity index (χ3n) is 2.82. The van der Waals surface area contributed by atoms with E-state index in [4.69, 9.17) is 16.2 Å². The number of benzene rings is 2. The van der Waals surface area contributed by atoms with Crippen molar-refractivity contribution in [3.63, 3.8) is 0 Å². The number of hydrogen-bond acceptors (Lipinski definition) is 4. The van der Waals surface area contributed by atoms with Crippen LogP contribution in [0.1, 0.15) is 5.56 Å². The molecule has 0 bridgehead atoms. The first-order valence-electron chi connectivity index (χ1n) is 5.91. The van der Waals surface area contributed by atoms with Gasteiger partial charge in [0.1, 0.15) is 5.84 Å². The van der Waals surface area contributed by atoms with Crippen molar-refractivity contribution in [1.29, 1.82) is 5.41 Å². The third-order valence-corrected chi connectivity index (χ3v) is 4.03. The van der Waals surface area contributed by atoms with Crippen LogP contribution in [0.25, 0.3) is 10.8 Å². The van der Waals surface area contributed by atoms with Crippen molar-refractivity contribution < 1.29 is 10.2 Å². The van der Waals surface area contributed by atoms with Gasteiger partial charge < -0.3 is 15.9 Å². The van der Waals surface area contributed by atoms with Gasteiger partial charge in [-0.3, -0.25) is 5.41 Å². The van der Waals surface area contributed by atoms with Crippen LogP contribution < -0.4 is 5.73 Å². The van der Waals surface area contributed by atoms with E-state index in [9.17, 15) is 5.11 Å². The lowest BCUT2D eigenvalue weighted by Gasteiger charge is -2.11. The first-order valence-corrected chi connectivity index (χ1v) is 6.90. The summed E-state index contributed by atoms with van der Waals surface area (Å²) >= 11 is 1.48. The highest BCUT2D eigenvalue weighted by Gasteiger charge is 2.09. The number of nitrogens with one attached hydrogen (secondary N) is 1. The fourth-order valence-corrected chi connectivity index (χ4v) is 2.85. The van der Waals surface area contributed by atoms with Crippen LogP contribution in [0.3, 0.4) is 0 Å². The van der Waals surface area contributed by atoms with E-state index < -0.39 is 6.10 Å². The molecule has 2 aromatic rings. The Bertz CT molecular complexity index is 601. The lowest BCUT2D eigenvalue weighted by molar-refractivity contribution is 0.113. The zero-order valence-electron chi connectivity index (χ0n) is 10.3. The van der Waals surface area contributed by atoms with E-state index in [-0.39, 0.29) is 12.4 Å². The maximum atomic E-state index is 9.41. The normalized spacial score (nSPS) is 12.5. The second kappa shape index (κ2) is 6.06. The second-order valence-corrected chi connectivity index (χ2v) is 5.28. The Balaban J connectivity index is 2.41. The molecule has 0 radical (unpaired) electrons. The highest BCUT2D eigenvalue weighted by Crippen LogP contribution is 2.30. The molecule has 100 valence electrons. The summed E-state index contributed by atoms with van der Waals surface area (Å²) in [6.07, 6.45) is -0.726. The Morgan fingerprint density at radius 2 is 1.89 bits per heavy atom. The van der Waals surface area contributed by atoms with Crippen LogP contribution >= 0.6 is 11.8 Å². The first-order chi connectivity index (χ1) is 9.13. The van der Waals surface area contributed by atoms with Crippen LogP contribution in [-0.4, -0.2) is 34.5 Å². The molecule has 0 saturated carbocycles. The first kappa shape index (κ1) is 13.9. The topological polar surface area (TPSA) is 90.3 Å². The number of nitrogens with two attached hydrogens (primary N) is 1. The monoisotopic (exact) mass is 276 g/mol. The number of rotatable bonds is 5. The van der Waals surface area contributed by atoms with E-state index in [1.165, 1.54) is 11.8 Å². The van der Waals surface area contributed by atoms with Crippen LogP contribution in [0, 0.1) is 5.41 Å². The molecular weight excluding hydrogens is 260 g/mol. The lowest BCUT2D eigenvalue weighted by Crippen LogP contribution is -2.14. The van der Waals surface area contributed by atoms with Gasteiger partial charge in [-0.1, -0.05) is 24.3 Å². The van der Waals surface area contributed by atoms with Crippen molar-refractivity contribution in [2.45, 2.75) is 11.0 Å². The minimum atomic E-state index is -0.726. The molecule has 5 heteroatoms. The molecule has 5 N–H and O–H groups in total. The highest BCUT2D eigenvalue weighted by atomic mass is 32.2. The summed E-state index contributed by atoms with van der Waals surface area (Å²) < 4.78 is 0. The average Bonchev–Trinajstić information content (AvgIpc) is 2.43. The Morgan fingerprint density at radius 3 is 2.53 bits per heavy atom. The quantitative estimate of drug-likeness (QED) is 0.379. The van der Waals surface area contributed by atoms with Gasteiger partial charge in [-0.15, -0.1) is 11.8 Å². The summed E-state index contributed by atoms with van der Waals surface area (Å²) in [4.78, 5) is 1.01. The number of aliphatic hydroxyl groups excluding tert-OH is 2. The molecule has 0 amide bonds. The average molecular weight is 276 g/mol. The van der Waals surface area contributed by atoms with Gasteiger partial charge in [-0.25, -0.2) is 0 Å². The van der Waals surface area contributed by atoms with Gasteiger partial charge in [0.25, 0.3) is 0 Å². The van der Waals surface area contributed by atoms with Crippen molar-refractivity contribution in [2.24, 2.45) is 5.73 Å². The summed E-state index contributed by atoms with van der Waals surface area (Å²) in [5.41, 5.74) is 6.29. The highest BCUT2D eigenvalue weighted by molar-refractivity contribution is 7.99. The number of nitrogen functional groups attached to an aromatic ring is 1. The summed E-state index contributed by atoms with van der Waals surface area (Å²) in [5, 5.41) is 27.8. The van der Waals surface area contributed by atoms with Crippen LogP contribution in [0.4, 0.5) is 0 Å². The van der Waals surface area contributed by atoms with E-state index in [0.29, 0.717) is 11.3 Å². The maximum absolute atomic E-state index is 9.41. The molecule has 1 unspecified atom stereocenters. The van der Waals surface area contributed by atoms with Gasteiger partial charge in [0, 0.05) is 16.2 Å². The standard InChI is InChI=1S/C14H16N2O2S/c15-14(16)12-5-6-13(19-8-9(18)7-17)11-4-2-1-3-10(11)12/h1-6,9,17-18H,7-8H2,(H3,15,16). The summed E-state index contributed by atoms with van der Waals surface area (Å²) in [6, 6.07) is 11.4. The molecule has 0 aliphatic rings. The smallest absolute Gasteiger partial charge is 0.123 e. The van der Waals surface area contributed by atoms with Crippen molar-refractivity contribution in [3.05, 3.63) is 42.0 Å². The van der Waals surface area contributed by atoms with Crippen LogP contribution in [-0.2, 0) is 0 Å². The predicted molar refractivity (Wildman–Crippen MR) is 78.8 cm³/mol. The van der Waals surface area contributed by atoms with Crippen molar-refractivity contribution >= 4 is 28.4 Å². The minimum absolute atomic E-state index is 0.0446. The van der Waals surface area contributed by atoms with Crippen LogP contribution in [0.5, 0.6) is 0 Å². The number of fused-ring (bicyclic) bond motifs is 1. The van der Waals surface area contributed by atoms with E-state index in [0.717, 1.165) is 15.7 Å². The molecule has 0 fully saturated rings. The molecule has 2 aromatic carbocycles. The fraction of sp³-hybridized carbons (Fsp3) is 0.214. The van der Waals surface area contributed by atoms with E-state index in [1.807, 2.05) is 36.4 Å². The Labute approximate surface area is 115 Å². The zero-order valence-corrected chi connectivity index (χ0v) is 11.2. The Morgan fingerprint density at radius 1 is 1.21 bits per heavy atom. The lowest BCUT2D eigenvalue weighted by atomic mass is 10.0. The fourth-order valence-electron chi connectivity index (χ4n) is 1.87. The number of hydrogen-bond donors (Lipinski definition) is 4. The largest absolute Gasteiger partial charge is 0.394 e. The van der Waals surface area contributed by atoms with Crippen LogP contribution in [0.15, 0.2) is 41.3 Å². The molecule has 1 atom stereocenters. The molecule has 0 heterocycles. The van der Waals surface area contributed by atoms with Gasteiger partial charge >= 0.3 is 0 Å². The second-order valence-electron chi connectivity index (χ2n) is 4.22. The molecule has 0 aliphatic carbocycles. The van der Waals surface area contributed by atoms with Gasteiger partial charge in [0.15, 0.2) is 0 Å². The van der Waals surface area contributed by atoms with Gasteiger partial charge in [0.2, 0.25) is 0 Å². The van der Waals surface area contributed by atoms with E-state index in [1.54, 1.807) is 0 Å². The molecule has 0 spiro atoms. The molecule has 0 saturated heterocycles. The Kier molecular flexibility index (Phi) is 4.42. The molecule has 2 rings (SSSR count). The summed E-state index contributed by atoms with van der Waals surface area (Å²) in [5.74, 6) is 0.475. The van der Waals surface area contributed by atoms with E-state index in [2.05, 4.69) is 0 Å². The number of amidine groups is 1. The van der Waals surface area contributed by atoms with Crippen molar-refractivity contribution in [3.8, 4) is 0 Å². The third kappa shape index (κ3) is 3.07. The number of aliphatic hydroxyl groups is 2. The SMILES string of the molecule is N=C(N)c1ccc(SCC(O)CO)c2ccccc12. The van der Waals surface area contributed by atoms with Crippen molar-refractivity contribution in [1.82, 2.24) is 0 Å². The van der Waals surface area contributed by atoms with Gasteiger partial charge in [-0.2, -0.15) is 0 Å². The summed E-state index contributed by atoms with van der Waals surface area (Å²) in [6.45, 7) is -0.240.